The second-order valence-corrected chi connectivity index (χ2v) is 9.38. The van der Waals surface area contributed by atoms with Crippen LogP contribution in [0.25, 0.3) is 11.0 Å². The third-order valence-corrected chi connectivity index (χ3v) is 6.80. The van der Waals surface area contributed by atoms with Crippen LogP contribution in [0.1, 0.15) is 36.2 Å². The monoisotopic (exact) mass is 445 g/mol. The molecule has 7 heteroatoms. The summed E-state index contributed by atoms with van der Waals surface area (Å²) >= 11 is 0. The molecule has 2 aromatic carbocycles. The van der Waals surface area contributed by atoms with E-state index in [0.717, 1.165) is 61.4 Å². The van der Waals surface area contributed by atoms with Crippen LogP contribution in [0.4, 0.5) is 5.69 Å². The van der Waals surface area contributed by atoms with Crippen LogP contribution >= 0.6 is 0 Å². The molecule has 3 aromatic rings. The third kappa shape index (κ3) is 5.09. The fraction of sp³-hybridized carbons (Fsp3) is 0.423. The van der Waals surface area contributed by atoms with Crippen molar-refractivity contribution in [2.45, 2.75) is 39.2 Å². The van der Waals surface area contributed by atoms with Crippen molar-refractivity contribution in [2.75, 3.05) is 31.5 Å². The number of amides is 2. The molecule has 2 aliphatic rings. The first-order valence-corrected chi connectivity index (χ1v) is 11.9. The van der Waals surface area contributed by atoms with E-state index in [0.29, 0.717) is 19.5 Å². The van der Waals surface area contributed by atoms with E-state index in [1.54, 1.807) is 0 Å². The fourth-order valence-corrected chi connectivity index (χ4v) is 5.13. The Labute approximate surface area is 194 Å². The third-order valence-electron chi connectivity index (χ3n) is 6.80. The maximum Gasteiger partial charge on any atom is 0.236 e. The van der Waals surface area contributed by atoms with Gasteiger partial charge >= 0.3 is 0 Å². The lowest BCUT2D eigenvalue weighted by Crippen LogP contribution is -2.46. The van der Waals surface area contributed by atoms with Crippen molar-refractivity contribution in [2.24, 2.45) is 5.92 Å². The van der Waals surface area contributed by atoms with Gasteiger partial charge in [0.1, 0.15) is 5.82 Å². The SMILES string of the molecule is Cc1nc2ccc(NC(=O)C[C@H]3CCCN(C(=O)CN4CCc5ccccc5C4)C3)cc2[nH]1. The van der Waals surface area contributed by atoms with Crippen molar-refractivity contribution >= 4 is 28.5 Å². The molecule has 1 fully saturated rings. The smallest absolute Gasteiger partial charge is 0.236 e. The molecule has 172 valence electrons. The van der Waals surface area contributed by atoms with E-state index in [9.17, 15) is 9.59 Å². The van der Waals surface area contributed by atoms with Gasteiger partial charge in [-0.25, -0.2) is 4.98 Å². The molecule has 0 unspecified atom stereocenters. The summed E-state index contributed by atoms with van der Waals surface area (Å²) in [6.45, 7) is 5.58. The maximum atomic E-state index is 13.0. The highest BCUT2D eigenvalue weighted by Gasteiger charge is 2.27. The van der Waals surface area contributed by atoms with Gasteiger partial charge in [0.2, 0.25) is 11.8 Å². The van der Waals surface area contributed by atoms with Crippen molar-refractivity contribution in [3.8, 4) is 0 Å². The van der Waals surface area contributed by atoms with Gasteiger partial charge in [-0.15, -0.1) is 0 Å². The first kappa shape index (κ1) is 21.6. The molecule has 3 heterocycles. The van der Waals surface area contributed by atoms with Crippen LogP contribution in [-0.2, 0) is 22.6 Å². The van der Waals surface area contributed by atoms with E-state index in [1.807, 2.05) is 30.0 Å². The summed E-state index contributed by atoms with van der Waals surface area (Å²) in [7, 11) is 0. The summed E-state index contributed by atoms with van der Waals surface area (Å²) in [6, 6.07) is 14.2. The van der Waals surface area contributed by atoms with Crippen molar-refractivity contribution in [3.05, 3.63) is 59.4 Å². The maximum absolute atomic E-state index is 13.0. The van der Waals surface area contributed by atoms with Crippen LogP contribution in [0.2, 0.25) is 0 Å². The van der Waals surface area contributed by atoms with Gasteiger partial charge in [-0.1, -0.05) is 24.3 Å². The van der Waals surface area contributed by atoms with Crippen molar-refractivity contribution < 1.29 is 9.59 Å². The Morgan fingerprint density at radius 2 is 2.00 bits per heavy atom. The van der Waals surface area contributed by atoms with Gasteiger partial charge in [0.25, 0.3) is 0 Å². The number of anilines is 1. The van der Waals surface area contributed by atoms with E-state index < -0.39 is 0 Å². The number of aromatic nitrogens is 2. The number of H-pyrrole nitrogens is 1. The predicted molar refractivity (Wildman–Crippen MR) is 129 cm³/mol. The second-order valence-electron chi connectivity index (χ2n) is 9.38. The number of rotatable bonds is 5. The van der Waals surface area contributed by atoms with E-state index in [-0.39, 0.29) is 17.7 Å². The van der Waals surface area contributed by atoms with Gasteiger partial charge < -0.3 is 15.2 Å². The lowest BCUT2D eigenvalue weighted by atomic mass is 9.94. The number of nitrogens with one attached hydrogen (secondary N) is 2. The molecule has 5 rings (SSSR count). The minimum absolute atomic E-state index is 0.00229. The Morgan fingerprint density at radius 3 is 2.88 bits per heavy atom. The highest BCUT2D eigenvalue weighted by atomic mass is 16.2. The number of carbonyl (C=O) groups excluding carboxylic acids is 2. The average Bonchev–Trinajstić information content (AvgIpc) is 3.18. The molecule has 1 saturated heterocycles. The molecule has 0 spiro atoms. The van der Waals surface area contributed by atoms with Gasteiger partial charge in [0.05, 0.1) is 17.6 Å². The Morgan fingerprint density at radius 1 is 1.15 bits per heavy atom. The minimum atomic E-state index is -0.00229. The van der Waals surface area contributed by atoms with Gasteiger partial charge in [-0.3, -0.25) is 14.5 Å². The summed E-state index contributed by atoms with van der Waals surface area (Å²) in [6.07, 6.45) is 3.36. The number of carbonyl (C=O) groups is 2. The van der Waals surface area contributed by atoms with Gasteiger partial charge in [-0.2, -0.15) is 0 Å². The highest BCUT2D eigenvalue weighted by Crippen LogP contribution is 2.23. The Balaban J connectivity index is 1.13. The van der Waals surface area contributed by atoms with Gasteiger partial charge in [0.15, 0.2) is 0 Å². The Bertz CT molecular complexity index is 1170. The molecular weight excluding hydrogens is 414 g/mol. The molecule has 0 saturated carbocycles. The molecule has 1 aromatic heterocycles. The van der Waals surface area contributed by atoms with E-state index in [4.69, 9.17) is 0 Å². The Kier molecular flexibility index (Phi) is 6.13. The molecule has 0 radical (unpaired) electrons. The first-order valence-electron chi connectivity index (χ1n) is 11.9. The molecule has 33 heavy (non-hydrogen) atoms. The minimum Gasteiger partial charge on any atom is -0.342 e. The van der Waals surface area contributed by atoms with Crippen molar-refractivity contribution in [1.82, 2.24) is 19.8 Å². The molecule has 0 aliphatic carbocycles. The number of aryl methyl sites for hydroxylation is 1. The standard InChI is InChI=1S/C26H31N5O2/c1-18-27-23-9-8-22(14-24(23)28-18)29-25(32)13-19-5-4-11-31(15-19)26(33)17-30-12-10-20-6-2-3-7-21(20)16-30/h2-3,6-9,14,19H,4-5,10-13,15-17H2,1H3,(H,27,28)(H,29,32)/t19-/m1/s1. The molecule has 2 amide bonds. The summed E-state index contributed by atoms with van der Waals surface area (Å²) in [4.78, 5) is 37.5. The first-order chi connectivity index (χ1) is 16.0. The normalized spacial score (nSPS) is 18.8. The topological polar surface area (TPSA) is 81.3 Å². The van der Waals surface area contributed by atoms with Crippen LogP contribution in [0, 0.1) is 12.8 Å². The number of fused-ring (bicyclic) bond motifs is 2. The number of aromatic amines is 1. The number of imidazole rings is 1. The van der Waals surface area contributed by atoms with Crippen LogP contribution < -0.4 is 5.32 Å². The van der Waals surface area contributed by atoms with Crippen LogP contribution in [0.5, 0.6) is 0 Å². The number of hydrogen-bond acceptors (Lipinski definition) is 4. The van der Waals surface area contributed by atoms with E-state index in [2.05, 4.69) is 44.5 Å². The van der Waals surface area contributed by atoms with Crippen LogP contribution in [-0.4, -0.2) is 57.8 Å². The lowest BCUT2D eigenvalue weighted by Gasteiger charge is -2.35. The zero-order valence-electron chi connectivity index (χ0n) is 19.1. The zero-order valence-corrected chi connectivity index (χ0v) is 19.1. The fourth-order valence-electron chi connectivity index (χ4n) is 5.13. The molecular formula is C26H31N5O2. The number of likely N-dealkylation sites (tertiary alicyclic amines) is 1. The van der Waals surface area contributed by atoms with E-state index >= 15 is 0 Å². The highest BCUT2D eigenvalue weighted by molar-refractivity contribution is 5.93. The molecule has 1 atom stereocenters. The molecule has 0 bridgehead atoms. The zero-order chi connectivity index (χ0) is 22.8. The van der Waals surface area contributed by atoms with Gasteiger partial charge in [-0.05, 0) is 61.4 Å². The van der Waals surface area contributed by atoms with Crippen LogP contribution in [0.15, 0.2) is 42.5 Å². The van der Waals surface area contributed by atoms with Gasteiger partial charge in [0, 0.05) is 38.3 Å². The summed E-state index contributed by atoms with van der Waals surface area (Å²) in [5.41, 5.74) is 5.30. The predicted octanol–water partition coefficient (Wildman–Crippen LogP) is 3.50. The molecule has 2 N–H and O–H groups in total. The summed E-state index contributed by atoms with van der Waals surface area (Å²) in [5.74, 6) is 1.23. The quantitative estimate of drug-likeness (QED) is 0.630. The summed E-state index contributed by atoms with van der Waals surface area (Å²) < 4.78 is 0. The largest absolute Gasteiger partial charge is 0.342 e. The molecule has 7 nitrogen and oxygen atoms in total. The number of nitrogens with zero attached hydrogens (tertiary/aromatic N) is 3. The number of piperidine rings is 1. The second kappa shape index (κ2) is 9.35. The van der Waals surface area contributed by atoms with Crippen molar-refractivity contribution in [3.63, 3.8) is 0 Å². The molecule has 2 aliphatic heterocycles. The summed E-state index contributed by atoms with van der Waals surface area (Å²) in [5, 5.41) is 3.01. The Hall–Kier alpha value is -3.19. The number of hydrogen-bond donors (Lipinski definition) is 2. The van der Waals surface area contributed by atoms with Crippen LogP contribution in [0.3, 0.4) is 0 Å². The lowest BCUT2D eigenvalue weighted by molar-refractivity contribution is -0.135. The van der Waals surface area contributed by atoms with E-state index in [1.165, 1.54) is 11.1 Å². The average molecular weight is 446 g/mol. The number of benzene rings is 2. The van der Waals surface area contributed by atoms with Crippen molar-refractivity contribution in [1.29, 1.82) is 0 Å².